The Morgan fingerprint density at radius 2 is 1.77 bits per heavy atom. The Kier molecular flexibility index (Phi) is 6.24. The van der Waals surface area contributed by atoms with E-state index in [4.69, 9.17) is 4.74 Å². The summed E-state index contributed by atoms with van der Waals surface area (Å²) in [7, 11) is 1.35. The minimum absolute atomic E-state index is 0.161. The van der Waals surface area contributed by atoms with Crippen LogP contribution in [0.5, 0.6) is 0 Å². The number of esters is 1. The average Bonchev–Trinajstić information content (AvgIpc) is 3.31. The lowest BCUT2D eigenvalue weighted by Gasteiger charge is -2.33. The van der Waals surface area contributed by atoms with Crippen LogP contribution in [-0.4, -0.2) is 39.1 Å². The van der Waals surface area contributed by atoms with Crippen LogP contribution in [0.2, 0.25) is 0 Å². The smallest absolute Gasteiger partial charge is 0.337 e. The van der Waals surface area contributed by atoms with Crippen LogP contribution < -0.4 is 10.7 Å². The summed E-state index contributed by atoms with van der Waals surface area (Å²) >= 11 is 1.35. The number of thioether (sulfide) groups is 1. The van der Waals surface area contributed by atoms with E-state index < -0.39 is 17.3 Å². The summed E-state index contributed by atoms with van der Waals surface area (Å²) in [5.41, 5.74) is 7.41. The second kappa shape index (κ2) is 9.63. The number of amides is 1. The van der Waals surface area contributed by atoms with Gasteiger partial charge in [0.1, 0.15) is 5.25 Å². The van der Waals surface area contributed by atoms with Crippen molar-refractivity contribution in [2.75, 3.05) is 17.9 Å². The van der Waals surface area contributed by atoms with Crippen LogP contribution in [0.4, 0.5) is 5.69 Å². The molecule has 35 heavy (non-hydrogen) atoms. The summed E-state index contributed by atoms with van der Waals surface area (Å²) in [5.74, 6) is 0.0798. The molecule has 1 aliphatic rings. The van der Waals surface area contributed by atoms with Gasteiger partial charge in [-0.2, -0.15) is 0 Å². The van der Waals surface area contributed by atoms with Gasteiger partial charge in [-0.15, -0.1) is 10.2 Å². The fraction of sp³-hybridized carbons (Fsp3) is 0.154. The summed E-state index contributed by atoms with van der Waals surface area (Å²) in [4.78, 5) is 25.4. The number of aromatic nitrogens is 3. The van der Waals surface area contributed by atoms with Crippen molar-refractivity contribution in [1.29, 1.82) is 0 Å². The number of benzene rings is 3. The van der Waals surface area contributed by atoms with Gasteiger partial charge < -0.3 is 15.5 Å². The summed E-state index contributed by atoms with van der Waals surface area (Å²) in [5, 5.41) is 11.8. The summed E-state index contributed by atoms with van der Waals surface area (Å²) < 4.78 is 6.63. The number of fused-ring (bicyclic) bond motifs is 1. The number of carbonyl (C=O) groups excluding carboxylic acids is 2. The van der Waals surface area contributed by atoms with Crippen molar-refractivity contribution in [3.8, 4) is 11.4 Å². The van der Waals surface area contributed by atoms with Crippen LogP contribution in [0, 0.1) is 6.92 Å². The maximum atomic E-state index is 13.5. The quantitative estimate of drug-likeness (QED) is 0.403. The van der Waals surface area contributed by atoms with Crippen molar-refractivity contribution in [3.63, 3.8) is 0 Å². The zero-order valence-electron chi connectivity index (χ0n) is 19.1. The number of aryl methyl sites for hydroxylation is 1. The van der Waals surface area contributed by atoms with Crippen LogP contribution in [0.25, 0.3) is 11.4 Å². The van der Waals surface area contributed by atoms with Gasteiger partial charge in [0.15, 0.2) is 5.82 Å². The lowest BCUT2D eigenvalue weighted by Crippen LogP contribution is -2.41. The molecule has 5 rings (SSSR count). The molecular formula is C26H23N5O3S. The van der Waals surface area contributed by atoms with Crippen LogP contribution in [-0.2, 0) is 9.53 Å². The topological polar surface area (TPSA) is 98.1 Å². The van der Waals surface area contributed by atoms with Crippen LogP contribution in [0.3, 0.4) is 0 Å². The molecule has 9 heteroatoms. The fourth-order valence-electron chi connectivity index (χ4n) is 3.96. The van der Waals surface area contributed by atoms with E-state index in [1.165, 1.54) is 18.9 Å². The van der Waals surface area contributed by atoms with E-state index in [9.17, 15) is 9.59 Å². The van der Waals surface area contributed by atoms with Gasteiger partial charge in [0.25, 0.3) is 0 Å². The molecule has 3 aromatic carbocycles. The average molecular weight is 486 g/mol. The van der Waals surface area contributed by atoms with E-state index in [1.54, 1.807) is 12.1 Å². The molecule has 1 amide bonds. The zero-order valence-corrected chi connectivity index (χ0v) is 20.0. The number of hydrogen-bond acceptors (Lipinski definition) is 7. The van der Waals surface area contributed by atoms with Crippen LogP contribution in [0.1, 0.15) is 27.5 Å². The van der Waals surface area contributed by atoms with Crippen molar-refractivity contribution in [2.45, 2.75) is 23.4 Å². The summed E-state index contributed by atoms with van der Waals surface area (Å²) in [6.45, 7) is 1.98. The van der Waals surface area contributed by atoms with Gasteiger partial charge >= 0.3 is 5.97 Å². The number of anilines is 1. The molecule has 1 aliphatic heterocycles. The van der Waals surface area contributed by atoms with Gasteiger partial charge in [-0.25, -0.2) is 9.47 Å². The first-order chi connectivity index (χ1) is 17.0. The summed E-state index contributed by atoms with van der Waals surface area (Å²) in [6.07, 6.45) is 0. The monoisotopic (exact) mass is 485 g/mol. The first-order valence-corrected chi connectivity index (χ1v) is 11.9. The molecule has 1 aromatic heterocycles. The highest BCUT2D eigenvalue weighted by Crippen LogP contribution is 2.39. The molecule has 8 nitrogen and oxygen atoms in total. The molecule has 2 N–H and O–H groups in total. The Hall–Kier alpha value is -4.11. The number of carbonyl (C=O) groups is 2. The molecule has 2 atom stereocenters. The van der Waals surface area contributed by atoms with Gasteiger partial charge in [-0.1, -0.05) is 66.4 Å². The predicted molar refractivity (Wildman–Crippen MR) is 135 cm³/mol. The first kappa shape index (κ1) is 22.7. The Morgan fingerprint density at radius 3 is 2.49 bits per heavy atom. The molecule has 4 aromatic rings. The number of rotatable bonds is 5. The standard InChI is InChI=1S/C26H23N5O3S/c1-16-7-6-10-20(15-16)27-24(32)22-21(17-11-13-19(14-12-17)25(33)34-2)30-31-23(28-29-26(31)35-22)18-8-4-3-5-9-18/h3-15,21-22,30H,1-2H3,(H,27,32)/t21-,22-/m0/s1. The molecule has 0 unspecified atom stereocenters. The van der Waals surface area contributed by atoms with Crippen molar-refractivity contribution in [1.82, 2.24) is 14.9 Å². The van der Waals surface area contributed by atoms with Crippen molar-refractivity contribution in [3.05, 3.63) is 95.6 Å². The molecule has 2 heterocycles. The molecule has 0 aliphatic carbocycles. The number of nitrogens with zero attached hydrogens (tertiary/aromatic N) is 3. The van der Waals surface area contributed by atoms with Gasteiger partial charge in [0, 0.05) is 11.3 Å². The number of ether oxygens (including phenoxy) is 1. The lowest BCUT2D eigenvalue weighted by atomic mass is 10.0. The molecular weight excluding hydrogens is 462 g/mol. The fourth-order valence-corrected chi connectivity index (χ4v) is 5.04. The molecule has 0 fully saturated rings. The third-order valence-electron chi connectivity index (χ3n) is 5.70. The maximum Gasteiger partial charge on any atom is 0.337 e. The predicted octanol–water partition coefficient (Wildman–Crippen LogP) is 4.44. The third kappa shape index (κ3) is 4.63. The van der Waals surface area contributed by atoms with Gasteiger partial charge in [-0.05, 0) is 42.3 Å². The van der Waals surface area contributed by atoms with Crippen molar-refractivity contribution in [2.24, 2.45) is 0 Å². The second-order valence-electron chi connectivity index (χ2n) is 8.13. The van der Waals surface area contributed by atoms with Crippen molar-refractivity contribution < 1.29 is 14.3 Å². The molecule has 0 radical (unpaired) electrons. The van der Waals surface area contributed by atoms with Crippen LogP contribution in [0.15, 0.2) is 84.0 Å². The second-order valence-corrected chi connectivity index (χ2v) is 9.23. The number of hydrogen-bond donors (Lipinski definition) is 2. The Balaban J connectivity index is 1.51. The summed E-state index contributed by atoms with van der Waals surface area (Å²) in [6, 6.07) is 24.0. The highest BCUT2D eigenvalue weighted by atomic mass is 32.2. The molecule has 0 saturated carbocycles. The highest BCUT2D eigenvalue weighted by molar-refractivity contribution is 8.00. The zero-order chi connectivity index (χ0) is 24.4. The molecule has 0 bridgehead atoms. The van der Waals surface area contributed by atoms with Gasteiger partial charge in [0.2, 0.25) is 11.1 Å². The van der Waals surface area contributed by atoms with E-state index in [-0.39, 0.29) is 5.91 Å². The van der Waals surface area contributed by atoms with E-state index in [1.807, 2.05) is 78.3 Å². The van der Waals surface area contributed by atoms with E-state index >= 15 is 0 Å². The first-order valence-electron chi connectivity index (χ1n) is 11.0. The SMILES string of the molecule is COC(=O)c1ccc([C@@H]2Nn3c(nnc3-c3ccccc3)S[C@@H]2C(=O)Nc2cccc(C)c2)cc1. The van der Waals surface area contributed by atoms with Crippen LogP contribution >= 0.6 is 11.8 Å². The normalized spacial score (nSPS) is 16.6. The van der Waals surface area contributed by atoms with E-state index in [0.29, 0.717) is 16.5 Å². The third-order valence-corrected chi connectivity index (χ3v) is 6.92. The van der Waals surface area contributed by atoms with Gasteiger partial charge in [-0.3, -0.25) is 4.79 Å². The molecule has 0 spiro atoms. The number of nitrogens with one attached hydrogen (secondary N) is 2. The van der Waals surface area contributed by atoms with E-state index in [0.717, 1.165) is 22.4 Å². The van der Waals surface area contributed by atoms with E-state index in [2.05, 4.69) is 20.9 Å². The Bertz CT molecular complexity index is 1370. The highest BCUT2D eigenvalue weighted by Gasteiger charge is 2.38. The maximum absolute atomic E-state index is 13.5. The Morgan fingerprint density at radius 1 is 1.00 bits per heavy atom. The number of methoxy groups -OCH3 is 1. The molecule has 0 saturated heterocycles. The Labute approximate surface area is 206 Å². The minimum atomic E-state index is -0.542. The minimum Gasteiger partial charge on any atom is -0.465 e. The largest absolute Gasteiger partial charge is 0.465 e. The van der Waals surface area contributed by atoms with Crippen molar-refractivity contribution >= 4 is 29.3 Å². The molecule has 176 valence electrons. The lowest BCUT2D eigenvalue weighted by molar-refractivity contribution is -0.116. The van der Waals surface area contributed by atoms with Gasteiger partial charge in [0.05, 0.1) is 18.7 Å².